The first-order valence-electron chi connectivity index (χ1n) is 8.94. The number of rotatable bonds is 1. The molecule has 2 aliphatic rings. The Labute approximate surface area is 152 Å². The fourth-order valence-electron chi connectivity index (χ4n) is 3.70. The third-order valence-electron chi connectivity index (χ3n) is 5.16. The highest BCUT2D eigenvalue weighted by Crippen LogP contribution is 2.45. The first kappa shape index (κ1) is 17.4. The first-order chi connectivity index (χ1) is 12.3. The van der Waals surface area contributed by atoms with Crippen LogP contribution in [0.3, 0.4) is 0 Å². The van der Waals surface area contributed by atoms with E-state index in [2.05, 4.69) is 38.2 Å². The zero-order valence-electron chi connectivity index (χ0n) is 15.2. The van der Waals surface area contributed by atoms with Crippen LogP contribution in [0.4, 0.5) is 14.5 Å². The van der Waals surface area contributed by atoms with Crippen LogP contribution in [0.2, 0.25) is 0 Å². The number of fused-ring (bicyclic) bond motifs is 3. The summed E-state index contributed by atoms with van der Waals surface area (Å²) in [6.07, 6.45) is -0.531. The average molecular weight is 359 g/mol. The normalized spacial score (nSPS) is 25.2. The van der Waals surface area contributed by atoms with Gasteiger partial charge in [-0.3, -0.25) is 0 Å². The van der Waals surface area contributed by atoms with Gasteiger partial charge >= 0.3 is 0 Å². The molecule has 2 aliphatic heterocycles. The van der Waals surface area contributed by atoms with E-state index in [4.69, 9.17) is 9.47 Å². The minimum absolute atomic E-state index is 0.0248. The molecule has 2 heterocycles. The summed E-state index contributed by atoms with van der Waals surface area (Å²) in [5, 5.41) is 3.44. The van der Waals surface area contributed by atoms with Crippen molar-refractivity contribution in [2.75, 3.05) is 18.5 Å². The smallest absolute Gasteiger partial charge is 0.159 e. The van der Waals surface area contributed by atoms with Gasteiger partial charge in [0.05, 0.1) is 19.3 Å². The molecule has 0 saturated carbocycles. The molecule has 1 N–H and O–H groups in total. The van der Waals surface area contributed by atoms with E-state index in [0.29, 0.717) is 18.8 Å². The van der Waals surface area contributed by atoms with E-state index in [1.165, 1.54) is 11.6 Å². The molecule has 0 radical (unpaired) electrons. The lowest BCUT2D eigenvalue weighted by Gasteiger charge is -2.43. The molecule has 1 fully saturated rings. The second kappa shape index (κ2) is 6.32. The maximum Gasteiger partial charge on any atom is 0.159 e. The van der Waals surface area contributed by atoms with Gasteiger partial charge in [0.25, 0.3) is 0 Å². The van der Waals surface area contributed by atoms with E-state index in [9.17, 15) is 8.78 Å². The van der Waals surface area contributed by atoms with E-state index in [1.54, 1.807) is 6.07 Å². The molecular formula is C21H23F2NO2. The molecule has 2 aromatic carbocycles. The molecule has 26 heavy (non-hydrogen) atoms. The molecule has 0 aliphatic carbocycles. The number of nitrogens with one attached hydrogen (secondary N) is 1. The topological polar surface area (TPSA) is 30.5 Å². The second-order valence-electron chi connectivity index (χ2n) is 7.97. The predicted octanol–water partition coefficient (Wildman–Crippen LogP) is 4.89. The maximum absolute atomic E-state index is 13.8. The van der Waals surface area contributed by atoms with Crippen molar-refractivity contribution in [3.8, 4) is 0 Å². The number of hydrogen-bond acceptors (Lipinski definition) is 3. The second-order valence-corrected chi connectivity index (χ2v) is 7.97. The fraction of sp³-hybridized carbons (Fsp3) is 0.429. The van der Waals surface area contributed by atoms with Crippen molar-refractivity contribution in [3.63, 3.8) is 0 Å². The molecule has 4 rings (SSSR count). The highest BCUT2D eigenvalue weighted by molar-refractivity contribution is 5.59. The van der Waals surface area contributed by atoms with Gasteiger partial charge in [-0.25, -0.2) is 8.78 Å². The van der Waals surface area contributed by atoms with Gasteiger partial charge in [0.1, 0.15) is 12.2 Å². The Kier molecular flexibility index (Phi) is 4.24. The summed E-state index contributed by atoms with van der Waals surface area (Å²) in [5.41, 5.74) is 3.89. The lowest BCUT2D eigenvalue weighted by molar-refractivity contribution is -0.151. The zero-order valence-corrected chi connectivity index (χ0v) is 15.2. The molecular weight excluding hydrogens is 336 g/mol. The number of halogens is 2. The number of ether oxygens (including phenoxy) is 2. The summed E-state index contributed by atoms with van der Waals surface area (Å²) in [7, 11) is 0. The van der Waals surface area contributed by atoms with E-state index in [-0.39, 0.29) is 23.7 Å². The lowest BCUT2D eigenvalue weighted by atomic mass is 9.82. The van der Waals surface area contributed by atoms with Gasteiger partial charge in [-0.1, -0.05) is 39.0 Å². The molecule has 0 amide bonds. The van der Waals surface area contributed by atoms with Crippen LogP contribution in [-0.2, 0) is 14.9 Å². The van der Waals surface area contributed by atoms with Gasteiger partial charge in [0, 0.05) is 11.3 Å². The van der Waals surface area contributed by atoms with Crippen molar-refractivity contribution in [2.45, 2.75) is 44.4 Å². The summed E-state index contributed by atoms with van der Waals surface area (Å²) >= 11 is 0. The van der Waals surface area contributed by atoms with Gasteiger partial charge < -0.3 is 14.8 Å². The average Bonchev–Trinajstić information content (AvgIpc) is 2.62. The Balaban J connectivity index is 1.77. The summed E-state index contributed by atoms with van der Waals surface area (Å²) in [6, 6.07) is 9.98. The van der Waals surface area contributed by atoms with Crippen molar-refractivity contribution in [1.29, 1.82) is 0 Å². The molecule has 0 aromatic heterocycles. The molecule has 3 nitrogen and oxygen atoms in total. The quantitative estimate of drug-likeness (QED) is 0.787. The Morgan fingerprint density at radius 2 is 1.73 bits per heavy atom. The van der Waals surface area contributed by atoms with Crippen LogP contribution in [0.25, 0.3) is 0 Å². The van der Waals surface area contributed by atoms with Crippen molar-refractivity contribution in [3.05, 3.63) is 64.7 Å². The highest BCUT2D eigenvalue weighted by atomic mass is 19.2. The van der Waals surface area contributed by atoms with Crippen molar-refractivity contribution < 1.29 is 18.3 Å². The number of benzene rings is 2. The third kappa shape index (κ3) is 2.99. The molecule has 0 bridgehead atoms. The van der Waals surface area contributed by atoms with E-state index in [1.807, 2.05) is 6.07 Å². The van der Waals surface area contributed by atoms with Crippen molar-refractivity contribution in [1.82, 2.24) is 0 Å². The third-order valence-corrected chi connectivity index (χ3v) is 5.16. The minimum Gasteiger partial charge on any atom is -0.375 e. The SMILES string of the molecule is CC(C)(C)c1ccc2c(c1)C1OCCOC1C(c1ccc(F)c(F)c1)N2. The monoisotopic (exact) mass is 359 g/mol. The van der Waals surface area contributed by atoms with E-state index < -0.39 is 11.6 Å². The Bertz CT molecular complexity index is 831. The van der Waals surface area contributed by atoms with Crippen molar-refractivity contribution >= 4 is 5.69 Å². The first-order valence-corrected chi connectivity index (χ1v) is 8.94. The van der Waals surface area contributed by atoms with Crippen LogP contribution < -0.4 is 5.32 Å². The summed E-state index contributed by atoms with van der Waals surface area (Å²) in [4.78, 5) is 0. The van der Waals surface area contributed by atoms with Crippen LogP contribution in [0.5, 0.6) is 0 Å². The lowest BCUT2D eigenvalue weighted by Crippen LogP contribution is -2.43. The largest absolute Gasteiger partial charge is 0.375 e. The van der Waals surface area contributed by atoms with E-state index >= 15 is 0 Å². The zero-order chi connectivity index (χ0) is 18.5. The fourth-order valence-corrected chi connectivity index (χ4v) is 3.70. The molecule has 5 heteroatoms. The van der Waals surface area contributed by atoms with Crippen molar-refractivity contribution in [2.24, 2.45) is 0 Å². The van der Waals surface area contributed by atoms with Crippen LogP contribution in [0.1, 0.15) is 49.6 Å². The predicted molar refractivity (Wildman–Crippen MR) is 96.3 cm³/mol. The molecule has 1 saturated heterocycles. The molecule has 138 valence electrons. The Morgan fingerprint density at radius 1 is 0.962 bits per heavy atom. The van der Waals surface area contributed by atoms with E-state index in [0.717, 1.165) is 17.3 Å². The maximum atomic E-state index is 13.8. The van der Waals surface area contributed by atoms with Gasteiger partial charge in [0.15, 0.2) is 11.6 Å². The van der Waals surface area contributed by atoms with Gasteiger partial charge in [0.2, 0.25) is 0 Å². The van der Waals surface area contributed by atoms with Crippen LogP contribution in [0, 0.1) is 11.6 Å². The standard InChI is InChI=1S/C21H23F2NO2/c1-21(2,3)13-5-7-17-14(11-13)19-20(26-9-8-25-19)18(24-17)12-4-6-15(22)16(23)10-12/h4-7,10-11,18-20,24H,8-9H2,1-3H3. The number of anilines is 1. The summed E-state index contributed by atoms with van der Waals surface area (Å²) < 4.78 is 39.2. The molecule has 0 spiro atoms. The highest BCUT2D eigenvalue weighted by Gasteiger charge is 2.41. The van der Waals surface area contributed by atoms with Crippen LogP contribution >= 0.6 is 0 Å². The summed E-state index contributed by atoms with van der Waals surface area (Å²) in [5.74, 6) is -1.71. The molecule has 3 atom stereocenters. The van der Waals surface area contributed by atoms with Gasteiger partial charge in [-0.2, -0.15) is 0 Å². The molecule has 3 unspecified atom stereocenters. The Hall–Kier alpha value is -1.98. The Morgan fingerprint density at radius 3 is 2.46 bits per heavy atom. The van der Waals surface area contributed by atoms with Gasteiger partial charge in [-0.15, -0.1) is 0 Å². The summed E-state index contributed by atoms with van der Waals surface area (Å²) in [6.45, 7) is 7.52. The van der Waals surface area contributed by atoms with Crippen LogP contribution in [-0.4, -0.2) is 19.3 Å². The number of hydrogen-bond donors (Lipinski definition) is 1. The molecule has 2 aromatic rings. The minimum atomic E-state index is -0.855. The van der Waals surface area contributed by atoms with Crippen LogP contribution in [0.15, 0.2) is 36.4 Å². The van der Waals surface area contributed by atoms with Gasteiger partial charge in [-0.05, 0) is 34.7 Å².